The molecule has 0 fully saturated rings. The highest BCUT2D eigenvalue weighted by atomic mass is 16.6. The van der Waals surface area contributed by atoms with Crippen LogP contribution in [0.2, 0.25) is 0 Å². The van der Waals surface area contributed by atoms with E-state index in [2.05, 4.69) is 6.58 Å². The molecule has 4 heteroatoms. The Kier molecular flexibility index (Phi) is 6.85. The third-order valence-electron chi connectivity index (χ3n) is 3.99. The standard InChI is InChI=1S/C24H22O4/c1-2-8-20-11-6-7-12-23(20)27-18-24(25)28-22-15-13-21(14-16-22)26-17-19-9-4-3-5-10-19/h2-7,9-16H,1,8,17-18H2. The zero-order chi connectivity index (χ0) is 19.6. The minimum absolute atomic E-state index is 0.166. The lowest BCUT2D eigenvalue weighted by molar-refractivity contribution is -0.136. The van der Waals surface area contributed by atoms with E-state index in [4.69, 9.17) is 14.2 Å². The van der Waals surface area contributed by atoms with Gasteiger partial charge in [-0.1, -0.05) is 54.6 Å². The molecule has 0 aliphatic carbocycles. The summed E-state index contributed by atoms with van der Waals surface area (Å²) in [6, 6.07) is 24.4. The number of esters is 1. The first-order valence-corrected chi connectivity index (χ1v) is 9.03. The van der Waals surface area contributed by atoms with Crippen molar-refractivity contribution in [1.82, 2.24) is 0 Å². The number of carbonyl (C=O) groups is 1. The van der Waals surface area contributed by atoms with Crippen molar-refractivity contribution in [2.75, 3.05) is 6.61 Å². The van der Waals surface area contributed by atoms with Crippen LogP contribution in [0.3, 0.4) is 0 Å². The molecule has 28 heavy (non-hydrogen) atoms. The van der Waals surface area contributed by atoms with Crippen LogP contribution in [-0.2, 0) is 17.8 Å². The van der Waals surface area contributed by atoms with Crippen molar-refractivity contribution in [3.05, 3.63) is 103 Å². The van der Waals surface area contributed by atoms with Crippen molar-refractivity contribution in [2.24, 2.45) is 0 Å². The summed E-state index contributed by atoms with van der Waals surface area (Å²) in [5.41, 5.74) is 2.07. The smallest absolute Gasteiger partial charge is 0.349 e. The van der Waals surface area contributed by atoms with Gasteiger partial charge in [-0.2, -0.15) is 0 Å². The van der Waals surface area contributed by atoms with E-state index in [1.54, 1.807) is 30.3 Å². The number of para-hydroxylation sites is 1. The van der Waals surface area contributed by atoms with Crippen LogP contribution in [0.15, 0.2) is 91.5 Å². The number of carbonyl (C=O) groups excluding carboxylic acids is 1. The molecule has 0 heterocycles. The molecule has 0 radical (unpaired) electrons. The van der Waals surface area contributed by atoms with Crippen molar-refractivity contribution in [3.63, 3.8) is 0 Å². The predicted octanol–water partition coefficient (Wildman–Crippen LogP) is 4.98. The number of rotatable bonds is 9. The molecule has 3 rings (SSSR count). The Morgan fingerprint density at radius 1 is 0.821 bits per heavy atom. The summed E-state index contributed by atoms with van der Waals surface area (Å²) in [7, 11) is 0. The molecule has 0 amide bonds. The van der Waals surface area contributed by atoms with Gasteiger partial charge in [0, 0.05) is 0 Å². The average molecular weight is 374 g/mol. The SMILES string of the molecule is C=CCc1ccccc1OCC(=O)Oc1ccc(OCc2ccccc2)cc1. The molecule has 0 aliphatic rings. The fraction of sp³-hybridized carbons (Fsp3) is 0.125. The fourth-order valence-corrected chi connectivity index (χ4v) is 2.61. The van der Waals surface area contributed by atoms with E-state index in [-0.39, 0.29) is 6.61 Å². The second-order valence-corrected chi connectivity index (χ2v) is 6.11. The van der Waals surface area contributed by atoms with Gasteiger partial charge in [0.1, 0.15) is 23.9 Å². The maximum absolute atomic E-state index is 12.1. The lowest BCUT2D eigenvalue weighted by Gasteiger charge is -2.10. The van der Waals surface area contributed by atoms with E-state index >= 15 is 0 Å². The van der Waals surface area contributed by atoms with Crippen LogP contribution in [0, 0.1) is 0 Å². The first-order chi connectivity index (χ1) is 13.7. The molecule has 0 bridgehead atoms. The number of hydrogen-bond donors (Lipinski definition) is 0. The summed E-state index contributed by atoms with van der Waals surface area (Å²) < 4.78 is 16.6. The average Bonchev–Trinajstić information content (AvgIpc) is 2.74. The second-order valence-electron chi connectivity index (χ2n) is 6.11. The molecule has 0 aliphatic heterocycles. The molecule has 0 saturated carbocycles. The highest BCUT2D eigenvalue weighted by Gasteiger charge is 2.08. The summed E-state index contributed by atoms with van der Waals surface area (Å²) in [5.74, 6) is 1.34. The highest BCUT2D eigenvalue weighted by Crippen LogP contribution is 2.20. The largest absolute Gasteiger partial charge is 0.489 e. The summed E-state index contributed by atoms with van der Waals surface area (Å²) in [4.78, 5) is 12.1. The fourth-order valence-electron chi connectivity index (χ4n) is 2.61. The lowest BCUT2D eigenvalue weighted by Crippen LogP contribution is -2.18. The van der Waals surface area contributed by atoms with Gasteiger partial charge in [-0.3, -0.25) is 0 Å². The maximum atomic E-state index is 12.1. The van der Waals surface area contributed by atoms with Gasteiger partial charge in [0.25, 0.3) is 0 Å². The first kappa shape index (κ1) is 19.2. The van der Waals surface area contributed by atoms with Crippen LogP contribution in [0.1, 0.15) is 11.1 Å². The molecule has 0 spiro atoms. The van der Waals surface area contributed by atoms with Crippen LogP contribution >= 0.6 is 0 Å². The van der Waals surface area contributed by atoms with Crippen molar-refractivity contribution >= 4 is 5.97 Å². The Labute approximate surface area is 165 Å². The van der Waals surface area contributed by atoms with Gasteiger partial charge in [0.15, 0.2) is 6.61 Å². The lowest BCUT2D eigenvalue weighted by atomic mass is 10.1. The van der Waals surface area contributed by atoms with Crippen LogP contribution < -0.4 is 14.2 Å². The van der Waals surface area contributed by atoms with Gasteiger partial charge < -0.3 is 14.2 Å². The number of ether oxygens (including phenoxy) is 3. The van der Waals surface area contributed by atoms with Crippen molar-refractivity contribution in [2.45, 2.75) is 13.0 Å². The minimum atomic E-state index is -0.466. The quantitative estimate of drug-likeness (QED) is 0.301. The number of hydrogen-bond acceptors (Lipinski definition) is 4. The third-order valence-corrected chi connectivity index (χ3v) is 3.99. The van der Waals surface area contributed by atoms with E-state index in [1.807, 2.05) is 54.6 Å². The van der Waals surface area contributed by atoms with Gasteiger partial charge in [0.05, 0.1) is 0 Å². The van der Waals surface area contributed by atoms with Crippen LogP contribution in [-0.4, -0.2) is 12.6 Å². The van der Waals surface area contributed by atoms with Gasteiger partial charge in [-0.05, 0) is 47.9 Å². The second kappa shape index (κ2) is 9.97. The maximum Gasteiger partial charge on any atom is 0.349 e. The van der Waals surface area contributed by atoms with Crippen LogP contribution in [0.5, 0.6) is 17.2 Å². The molecule has 4 nitrogen and oxygen atoms in total. The van der Waals surface area contributed by atoms with E-state index in [9.17, 15) is 4.79 Å². The molecule has 3 aromatic rings. The summed E-state index contributed by atoms with van der Waals surface area (Å²) in [6.45, 7) is 4.05. The van der Waals surface area contributed by atoms with Crippen LogP contribution in [0.4, 0.5) is 0 Å². The van der Waals surface area contributed by atoms with Gasteiger partial charge in [-0.15, -0.1) is 6.58 Å². The van der Waals surface area contributed by atoms with Crippen molar-refractivity contribution in [1.29, 1.82) is 0 Å². The number of benzene rings is 3. The van der Waals surface area contributed by atoms with E-state index in [0.717, 1.165) is 11.1 Å². The summed E-state index contributed by atoms with van der Waals surface area (Å²) >= 11 is 0. The van der Waals surface area contributed by atoms with E-state index in [0.29, 0.717) is 30.3 Å². The first-order valence-electron chi connectivity index (χ1n) is 9.03. The normalized spacial score (nSPS) is 10.1. The Balaban J connectivity index is 1.48. The van der Waals surface area contributed by atoms with Crippen LogP contribution in [0.25, 0.3) is 0 Å². The monoisotopic (exact) mass is 374 g/mol. The summed E-state index contributed by atoms with van der Waals surface area (Å²) in [5, 5.41) is 0. The van der Waals surface area contributed by atoms with Crippen molar-refractivity contribution in [3.8, 4) is 17.2 Å². The van der Waals surface area contributed by atoms with Gasteiger partial charge >= 0.3 is 5.97 Å². The minimum Gasteiger partial charge on any atom is -0.489 e. The Hall–Kier alpha value is -3.53. The molecule has 0 N–H and O–H groups in total. The molecule has 0 atom stereocenters. The molecular weight excluding hydrogens is 352 g/mol. The molecule has 0 aromatic heterocycles. The van der Waals surface area contributed by atoms with Gasteiger partial charge in [0.2, 0.25) is 0 Å². The van der Waals surface area contributed by atoms with E-state index in [1.165, 1.54) is 0 Å². The topological polar surface area (TPSA) is 44.8 Å². The van der Waals surface area contributed by atoms with Crippen molar-refractivity contribution < 1.29 is 19.0 Å². The van der Waals surface area contributed by atoms with Gasteiger partial charge in [-0.25, -0.2) is 4.79 Å². The molecule has 0 unspecified atom stereocenters. The zero-order valence-electron chi connectivity index (χ0n) is 15.5. The molecule has 142 valence electrons. The molecule has 0 saturated heterocycles. The predicted molar refractivity (Wildman–Crippen MR) is 109 cm³/mol. The Morgan fingerprint density at radius 3 is 2.25 bits per heavy atom. The zero-order valence-corrected chi connectivity index (χ0v) is 15.5. The highest BCUT2D eigenvalue weighted by molar-refractivity contribution is 5.74. The Bertz CT molecular complexity index is 901. The summed E-state index contributed by atoms with van der Waals surface area (Å²) in [6.07, 6.45) is 2.47. The number of allylic oxidation sites excluding steroid dienone is 1. The van der Waals surface area contributed by atoms with E-state index < -0.39 is 5.97 Å². The molecule has 3 aromatic carbocycles. The third kappa shape index (κ3) is 5.74. The Morgan fingerprint density at radius 2 is 1.50 bits per heavy atom. The molecular formula is C24H22O4.